The van der Waals surface area contributed by atoms with Crippen LogP contribution in [0.2, 0.25) is 0 Å². The first kappa shape index (κ1) is 40.0. The number of carboxylic acid groups (broad SMARTS) is 1. The molecule has 2 heterocycles. The van der Waals surface area contributed by atoms with Crippen molar-refractivity contribution in [3.05, 3.63) is 97.1 Å². The van der Waals surface area contributed by atoms with E-state index in [2.05, 4.69) is 83.5 Å². The largest absolute Gasteiger partial charge is 0.480 e. The minimum absolute atomic E-state index is 0.118. The van der Waals surface area contributed by atoms with E-state index in [0.29, 0.717) is 36.4 Å². The van der Waals surface area contributed by atoms with Gasteiger partial charge in [0.25, 0.3) is 0 Å². The van der Waals surface area contributed by atoms with Crippen molar-refractivity contribution >= 4 is 12.0 Å². The number of nitrogens with zero attached hydrogens (tertiary/aromatic N) is 3. The van der Waals surface area contributed by atoms with Crippen LogP contribution in [0.3, 0.4) is 0 Å². The smallest absolute Gasteiger partial charge is 0.321 e. The monoisotopic (exact) mass is 672 g/mol. The molecule has 2 saturated carbocycles. The highest BCUT2D eigenvalue weighted by atomic mass is 16.4. The number of piperidine rings is 1. The molecule has 0 spiro atoms. The predicted octanol–water partition coefficient (Wildman–Crippen LogP) is 8.59. The Kier molecular flexibility index (Phi) is 17.7. The summed E-state index contributed by atoms with van der Waals surface area (Å²) in [4.78, 5) is 31.3. The molecule has 2 saturated heterocycles. The number of allylic oxidation sites excluding steroid dienone is 2. The molecule has 2 aliphatic heterocycles. The van der Waals surface area contributed by atoms with Crippen molar-refractivity contribution in [2.45, 2.75) is 109 Å². The number of likely N-dealkylation sites (tertiary alicyclic amines) is 2. The van der Waals surface area contributed by atoms with Crippen LogP contribution in [0, 0.1) is 11.8 Å². The lowest BCUT2D eigenvalue weighted by atomic mass is 9.83. The average molecular weight is 673 g/mol. The van der Waals surface area contributed by atoms with E-state index >= 15 is 0 Å². The molecule has 2 aromatic rings. The van der Waals surface area contributed by atoms with Gasteiger partial charge in [0, 0.05) is 25.2 Å². The van der Waals surface area contributed by atoms with Gasteiger partial charge >= 0.3 is 12.0 Å². The van der Waals surface area contributed by atoms with Gasteiger partial charge in [0.15, 0.2) is 0 Å². The first-order valence-electron chi connectivity index (χ1n) is 18.9. The van der Waals surface area contributed by atoms with E-state index in [-0.39, 0.29) is 12.1 Å². The fourth-order valence-electron chi connectivity index (χ4n) is 7.56. The SMILES string of the molecule is C=CC=C.CC.CC1CC1N(C(=O)NCc1ccccc1)C1CCN(C)CC1.O=C(O)[C@@H](C1CCCCC1)N1CCC(c2ccccc2)C1. The van der Waals surface area contributed by atoms with Gasteiger partial charge in [-0.3, -0.25) is 9.69 Å². The number of carbonyl (C=O) groups is 2. The summed E-state index contributed by atoms with van der Waals surface area (Å²) in [6.45, 7) is 17.6. The molecule has 6 rings (SSSR count). The molecule has 2 N–H and O–H groups in total. The summed E-state index contributed by atoms with van der Waals surface area (Å²) in [6, 6.07) is 21.4. The number of hydrogen-bond donors (Lipinski definition) is 2. The van der Waals surface area contributed by atoms with Crippen LogP contribution in [0.4, 0.5) is 4.79 Å². The van der Waals surface area contributed by atoms with Crippen LogP contribution in [0.1, 0.15) is 95.6 Å². The fourth-order valence-corrected chi connectivity index (χ4v) is 7.56. The van der Waals surface area contributed by atoms with Crippen molar-refractivity contribution in [2.24, 2.45) is 11.8 Å². The maximum atomic E-state index is 12.7. The molecule has 3 unspecified atom stereocenters. The number of nitrogens with one attached hydrogen (secondary N) is 1. The number of urea groups is 1. The van der Waals surface area contributed by atoms with Gasteiger partial charge in [-0.05, 0) is 94.1 Å². The zero-order valence-electron chi connectivity index (χ0n) is 30.8. The molecule has 49 heavy (non-hydrogen) atoms. The number of rotatable bonds is 9. The van der Waals surface area contributed by atoms with E-state index in [1.54, 1.807) is 12.2 Å². The highest BCUT2D eigenvalue weighted by Crippen LogP contribution is 2.38. The van der Waals surface area contributed by atoms with Gasteiger partial charge in [0.2, 0.25) is 0 Å². The third-order valence-corrected chi connectivity index (χ3v) is 10.4. The Labute approximate surface area is 297 Å². The zero-order valence-corrected chi connectivity index (χ0v) is 30.8. The Morgan fingerprint density at radius 1 is 0.898 bits per heavy atom. The van der Waals surface area contributed by atoms with Crippen LogP contribution in [-0.2, 0) is 11.3 Å². The number of carbonyl (C=O) groups excluding carboxylic acids is 1. The van der Waals surface area contributed by atoms with Crippen LogP contribution in [0.15, 0.2) is 86.0 Å². The van der Waals surface area contributed by atoms with Crippen LogP contribution >= 0.6 is 0 Å². The summed E-state index contributed by atoms with van der Waals surface area (Å²) in [5.74, 6) is 0.889. The standard InChI is InChI=1S/C18H27N3O.C18H25NO2.C4H6.C2H6/c1-14-12-17(14)21(16-8-10-20(2)11-9-16)18(22)19-13-15-6-4-3-5-7-15;20-18(21)17(15-9-5-2-6-10-15)19-12-11-16(13-19)14-7-3-1-4-8-14;1-3-4-2;1-2/h3-7,14,16-17H,8-13H2,1-2H3,(H,19,22);1,3-4,7-8,15-17H,2,5-6,9-13H2,(H,20,21);3-4H,1-2H2;1-2H3/t;16?,17-;;/m.1../s1. The molecule has 0 radical (unpaired) electrons. The van der Waals surface area contributed by atoms with Crippen molar-refractivity contribution in [3.8, 4) is 0 Å². The Morgan fingerprint density at radius 2 is 1.47 bits per heavy atom. The van der Waals surface area contributed by atoms with Gasteiger partial charge < -0.3 is 20.2 Å². The summed E-state index contributed by atoms with van der Waals surface area (Å²) < 4.78 is 0. The van der Waals surface area contributed by atoms with Crippen molar-refractivity contribution in [3.63, 3.8) is 0 Å². The molecule has 4 fully saturated rings. The van der Waals surface area contributed by atoms with Gasteiger partial charge in [-0.1, -0.05) is 126 Å². The lowest BCUT2D eigenvalue weighted by Gasteiger charge is -2.37. The van der Waals surface area contributed by atoms with Crippen molar-refractivity contribution < 1.29 is 14.7 Å². The average Bonchev–Trinajstić information content (AvgIpc) is 3.65. The molecule has 270 valence electrons. The second-order valence-electron chi connectivity index (χ2n) is 13.9. The van der Waals surface area contributed by atoms with Gasteiger partial charge in [0.1, 0.15) is 6.04 Å². The second kappa shape index (κ2) is 21.6. The minimum Gasteiger partial charge on any atom is -0.480 e. The van der Waals surface area contributed by atoms with Crippen LogP contribution in [-0.4, -0.2) is 83.2 Å². The zero-order chi connectivity index (χ0) is 35.6. The lowest BCUT2D eigenvalue weighted by molar-refractivity contribution is -0.145. The molecular formula is C42H64N4O3. The topological polar surface area (TPSA) is 76.1 Å². The predicted molar refractivity (Wildman–Crippen MR) is 204 cm³/mol. The number of amides is 2. The van der Waals surface area contributed by atoms with Crippen molar-refractivity contribution in [1.82, 2.24) is 20.0 Å². The summed E-state index contributed by atoms with van der Waals surface area (Å²) in [6.07, 6.45) is 13.6. The summed E-state index contributed by atoms with van der Waals surface area (Å²) in [5.41, 5.74) is 2.51. The molecule has 4 aliphatic rings. The van der Waals surface area contributed by atoms with Gasteiger partial charge in [-0.2, -0.15) is 0 Å². The van der Waals surface area contributed by atoms with E-state index in [9.17, 15) is 14.7 Å². The Bertz CT molecular complexity index is 1240. The van der Waals surface area contributed by atoms with Crippen molar-refractivity contribution in [2.75, 3.05) is 33.2 Å². The second-order valence-corrected chi connectivity index (χ2v) is 13.9. The number of benzene rings is 2. The maximum absolute atomic E-state index is 12.7. The highest BCUT2D eigenvalue weighted by molar-refractivity contribution is 5.75. The number of carboxylic acids is 1. The quantitative estimate of drug-likeness (QED) is 0.261. The third kappa shape index (κ3) is 12.8. The third-order valence-electron chi connectivity index (χ3n) is 10.4. The van der Waals surface area contributed by atoms with E-state index in [0.717, 1.165) is 70.3 Å². The Hall–Kier alpha value is -3.42. The molecule has 0 bridgehead atoms. The van der Waals surface area contributed by atoms with Crippen molar-refractivity contribution in [1.29, 1.82) is 0 Å². The first-order chi connectivity index (χ1) is 23.8. The Balaban J connectivity index is 0.000000229. The summed E-state index contributed by atoms with van der Waals surface area (Å²) in [5, 5.41) is 12.8. The van der Waals surface area contributed by atoms with Crippen LogP contribution < -0.4 is 5.32 Å². The Morgan fingerprint density at radius 3 is 2.00 bits per heavy atom. The van der Waals surface area contributed by atoms with E-state index in [1.165, 1.54) is 24.8 Å². The molecule has 2 aliphatic carbocycles. The molecule has 2 amide bonds. The van der Waals surface area contributed by atoms with E-state index < -0.39 is 5.97 Å². The molecule has 0 aromatic heterocycles. The summed E-state index contributed by atoms with van der Waals surface area (Å²) >= 11 is 0. The lowest BCUT2D eigenvalue weighted by Crippen LogP contribution is -2.51. The summed E-state index contributed by atoms with van der Waals surface area (Å²) in [7, 11) is 2.16. The molecular weight excluding hydrogens is 608 g/mol. The van der Waals surface area contributed by atoms with Crippen LogP contribution in [0.5, 0.6) is 0 Å². The molecule has 7 nitrogen and oxygen atoms in total. The number of aliphatic carboxylic acids is 1. The van der Waals surface area contributed by atoms with Crippen LogP contribution in [0.25, 0.3) is 0 Å². The molecule has 4 atom stereocenters. The first-order valence-corrected chi connectivity index (χ1v) is 18.9. The fraction of sp³-hybridized carbons (Fsp3) is 0.571. The maximum Gasteiger partial charge on any atom is 0.321 e. The van der Waals surface area contributed by atoms with E-state index in [4.69, 9.17) is 0 Å². The van der Waals surface area contributed by atoms with E-state index in [1.807, 2.05) is 38.1 Å². The number of hydrogen-bond acceptors (Lipinski definition) is 4. The highest BCUT2D eigenvalue weighted by Gasteiger charge is 2.44. The van der Waals surface area contributed by atoms with Gasteiger partial charge in [-0.25, -0.2) is 4.79 Å². The molecule has 2 aromatic carbocycles. The molecule has 7 heteroatoms. The minimum atomic E-state index is -0.615. The van der Waals surface area contributed by atoms with Gasteiger partial charge in [-0.15, -0.1) is 0 Å². The normalized spacial score (nSPS) is 23.1. The van der Waals surface area contributed by atoms with Gasteiger partial charge in [0.05, 0.1) is 0 Å².